The summed E-state index contributed by atoms with van der Waals surface area (Å²) in [4.78, 5) is 28.1. The predicted molar refractivity (Wildman–Crippen MR) is 129 cm³/mol. The maximum atomic E-state index is 13.3. The number of nitrogens with zero attached hydrogens (tertiary/aromatic N) is 1. The van der Waals surface area contributed by atoms with E-state index in [4.69, 9.17) is 9.47 Å². The smallest absolute Gasteiger partial charge is 0.261 e. The van der Waals surface area contributed by atoms with Crippen molar-refractivity contribution in [3.8, 4) is 11.5 Å². The van der Waals surface area contributed by atoms with Gasteiger partial charge >= 0.3 is 0 Å². The Morgan fingerprint density at radius 3 is 2.15 bits per heavy atom. The predicted octanol–water partition coefficient (Wildman–Crippen LogP) is 4.50. The largest absolute Gasteiger partial charge is 0.497 e. The first-order chi connectivity index (χ1) is 16.0. The fraction of sp³-hybridized carbons (Fsp3) is 0.481. The number of carbonyl (C=O) groups excluding carboxylic acids is 2. The molecule has 0 aliphatic heterocycles. The van der Waals surface area contributed by atoms with Crippen LogP contribution in [0.5, 0.6) is 11.5 Å². The Balaban J connectivity index is 1.74. The molecule has 178 valence electrons. The van der Waals surface area contributed by atoms with Crippen molar-refractivity contribution in [2.75, 3.05) is 13.7 Å². The minimum absolute atomic E-state index is 0.0847. The van der Waals surface area contributed by atoms with Gasteiger partial charge in [0.25, 0.3) is 5.91 Å². The number of ether oxygens (including phenoxy) is 2. The lowest BCUT2D eigenvalue weighted by Gasteiger charge is -2.31. The molecule has 1 fully saturated rings. The highest BCUT2D eigenvalue weighted by atomic mass is 16.5. The first-order valence-corrected chi connectivity index (χ1v) is 12.0. The standard InChI is InChI=1S/C27H36N2O4/c1-4-20-10-16-24(17-11-20)33-19-26(30)29(18-21-12-14-23(32-3)15-13-21)25(5-2)27(31)28-22-8-6-7-9-22/h10-17,22,25H,4-9,18-19H2,1-3H3,(H,28,31)/t25-/m1/s1. The number of hydrogen-bond acceptors (Lipinski definition) is 4. The third-order valence-electron chi connectivity index (χ3n) is 6.29. The fourth-order valence-electron chi connectivity index (χ4n) is 4.26. The number of carbonyl (C=O) groups is 2. The van der Waals surface area contributed by atoms with Gasteiger partial charge in [-0.05, 0) is 61.1 Å². The summed E-state index contributed by atoms with van der Waals surface area (Å²) < 4.78 is 11.0. The molecule has 6 heteroatoms. The van der Waals surface area contributed by atoms with Crippen LogP contribution < -0.4 is 14.8 Å². The summed E-state index contributed by atoms with van der Waals surface area (Å²) >= 11 is 0. The zero-order valence-electron chi connectivity index (χ0n) is 20.0. The monoisotopic (exact) mass is 452 g/mol. The molecule has 0 aromatic heterocycles. The molecule has 1 aliphatic carbocycles. The van der Waals surface area contributed by atoms with E-state index in [1.807, 2.05) is 55.5 Å². The lowest BCUT2D eigenvalue weighted by Crippen LogP contribution is -2.52. The minimum atomic E-state index is -0.550. The highest BCUT2D eigenvalue weighted by Crippen LogP contribution is 2.20. The van der Waals surface area contributed by atoms with E-state index in [1.165, 1.54) is 5.56 Å². The van der Waals surface area contributed by atoms with E-state index >= 15 is 0 Å². The van der Waals surface area contributed by atoms with Crippen LogP contribution in [0.4, 0.5) is 0 Å². The Hall–Kier alpha value is -3.02. The molecule has 3 rings (SSSR count). The SMILES string of the molecule is CCc1ccc(OCC(=O)N(Cc2ccc(OC)cc2)[C@H](CC)C(=O)NC2CCCC2)cc1. The lowest BCUT2D eigenvalue weighted by molar-refractivity contribution is -0.143. The van der Waals surface area contributed by atoms with Crippen LogP contribution in [0.3, 0.4) is 0 Å². The Kier molecular flexibility index (Phi) is 9.16. The van der Waals surface area contributed by atoms with E-state index < -0.39 is 6.04 Å². The molecule has 0 bridgehead atoms. The van der Waals surface area contributed by atoms with Crippen LogP contribution in [-0.2, 0) is 22.6 Å². The van der Waals surface area contributed by atoms with Gasteiger partial charge in [-0.3, -0.25) is 9.59 Å². The van der Waals surface area contributed by atoms with Gasteiger partial charge in [0.05, 0.1) is 7.11 Å². The second-order valence-corrected chi connectivity index (χ2v) is 8.57. The van der Waals surface area contributed by atoms with Crippen molar-refractivity contribution in [3.05, 3.63) is 59.7 Å². The second-order valence-electron chi connectivity index (χ2n) is 8.57. The van der Waals surface area contributed by atoms with Gasteiger partial charge in [0.2, 0.25) is 5.91 Å². The number of hydrogen-bond donors (Lipinski definition) is 1. The third kappa shape index (κ3) is 6.98. The van der Waals surface area contributed by atoms with E-state index in [2.05, 4.69) is 12.2 Å². The second kappa shape index (κ2) is 12.3. The van der Waals surface area contributed by atoms with Crippen LogP contribution in [0.2, 0.25) is 0 Å². The van der Waals surface area contributed by atoms with Crippen LogP contribution in [0.15, 0.2) is 48.5 Å². The molecule has 1 N–H and O–H groups in total. The summed E-state index contributed by atoms with van der Waals surface area (Å²) in [6, 6.07) is 15.0. The highest BCUT2D eigenvalue weighted by Gasteiger charge is 2.30. The number of benzene rings is 2. The summed E-state index contributed by atoms with van der Waals surface area (Å²) in [5.41, 5.74) is 2.15. The van der Waals surface area contributed by atoms with E-state index in [9.17, 15) is 9.59 Å². The van der Waals surface area contributed by atoms with Crippen LogP contribution in [0, 0.1) is 0 Å². The van der Waals surface area contributed by atoms with Crippen molar-refractivity contribution in [2.45, 2.75) is 71.0 Å². The Labute approximate surface area is 197 Å². The van der Waals surface area contributed by atoms with Crippen LogP contribution in [0.1, 0.15) is 57.1 Å². The van der Waals surface area contributed by atoms with Crippen molar-refractivity contribution >= 4 is 11.8 Å². The Morgan fingerprint density at radius 2 is 1.58 bits per heavy atom. The molecule has 2 aromatic rings. The molecular weight excluding hydrogens is 416 g/mol. The average molecular weight is 453 g/mol. The van der Waals surface area contributed by atoms with Crippen molar-refractivity contribution in [2.24, 2.45) is 0 Å². The van der Waals surface area contributed by atoms with E-state index in [1.54, 1.807) is 12.0 Å². The summed E-state index contributed by atoms with van der Waals surface area (Å²) in [5, 5.41) is 3.16. The molecule has 0 saturated heterocycles. The quantitative estimate of drug-likeness (QED) is 0.545. The fourth-order valence-corrected chi connectivity index (χ4v) is 4.26. The first kappa shape index (κ1) is 24.6. The van der Waals surface area contributed by atoms with Gasteiger partial charge in [0.1, 0.15) is 17.5 Å². The summed E-state index contributed by atoms with van der Waals surface area (Å²) in [6.07, 6.45) is 5.77. The number of nitrogens with one attached hydrogen (secondary N) is 1. The molecule has 33 heavy (non-hydrogen) atoms. The van der Waals surface area contributed by atoms with Crippen molar-refractivity contribution < 1.29 is 19.1 Å². The van der Waals surface area contributed by atoms with Gasteiger partial charge in [-0.15, -0.1) is 0 Å². The minimum Gasteiger partial charge on any atom is -0.497 e. The molecule has 2 amide bonds. The maximum Gasteiger partial charge on any atom is 0.261 e. The summed E-state index contributed by atoms with van der Waals surface area (Å²) in [5.74, 6) is 1.10. The zero-order chi connectivity index (χ0) is 23.6. The lowest BCUT2D eigenvalue weighted by atomic mass is 10.1. The van der Waals surface area contributed by atoms with E-state index in [-0.39, 0.29) is 24.5 Å². The van der Waals surface area contributed by atoms with E-state index in [0.29, 0.717) is 18.7 Å². The van der Waals surface area contributed by atoms with E-state index in [0.717, 1.165) is 43.4 Å². The summed E-state index contributed by atoms with van der Waals surface area (Å²) in [7, 11) is 1.62. The average Bonchev–Trinajstić information content (AvgIpc) is 3.36. The van der Waals surface area contributed by atoms with Crippen molar-refractivity contribution in [1.82, 2.24) is 10.2 Å². The number of aryl methyl sites for hydroxylation is 1. The third-order valence-corrected chi connectivity index (χ3v) is 6.29. The normalized spacial score (nSPS) is 14.5. The maximum absolute atomic E-state index is 13.3. The molecule has 0 heterocycles. The topological polar surface area (TPSA) is 67.9 Å². The highest BCUT2D eigenvalue weighted by molar-refractivity contribution is 5.88. The molecular formula is C27H36N2O4. The van der Waals surface area contributed by atoms with Crippen molar-refractivity contribution in [3.63, 3.8) is 0 Å². The van der Waals surface area contributed by atoms with Gasteiger partial charge in [0, 0.05) is 12.6 Å². The Morgan fingerprint density at radius 1 is 0.970 bits per heavy atom. The van der Waals surface area contributed by atoms with Gasteiger partial charge in [0.15, 0.2) is 6.61 Å². The van der Waals surface area contributed by atoms with Gasteiger partial charge in [-0.1, -0.05) is 51.0 Å². The first-order valence-electron chi connectivity index (χ1n) is 12.0. The molecule has 0 spiro atoms. The molecule has 0 radical (unpaired) electrons. The number of rotatable bonds is 11. The van der Waals surface area contributed by atoms with Crippen LogP contribution in [-0.4, -0.2) is 42.5 Å². The number of amides is 2. The molecule has 6 nitrogen and oxygen atoms in total. The van der Waals surface area contributed by atoms with Gasteiger partial charge in [-0.25, -0.2) is 0 Å². The summed E-state index contributed by atoms with van der Waals surface area (Å²) in [6.45, 7) is 4.25. The molecule has 1 aliphatic rings. The molecule has 2 aromatic carbocycles. The Bertz CT molecular complexity index is 889. The van der Waals surface area contributed by atoms with Crippen LogP contribution >= 0.6 is 0 Å². The zero-order valence-corrected chi connectivity index (χ0v) is 20.0. The number of methoxy groups -OCH3 is 1. The molecule has 1 atom stereocenters. The van der Waals surface area contributed by atoms with Gasteiger partial charge in [-0.2, -0.15) is 0 Å². The van der Waals surface area contributed by atoms with Crippen molar-refractivity contribution in [1.29, 1.82) is 0 Å². The van der Waals surface area contributed by atoms with Gasteiger partial charge < -0.3 is 19.7 Å². The molecule has 1 saturated carbocycles. The molecule has 0 unspecified atom stereocenters. The van der Waals surface area contributed by atoms with Crippen LogP contribution in [0.25, 0.3) is 0 Å².